The summed E-state index contributed by atoms with van der Waals surface area (Å²) < 4.78 is 0. The Morgan fingerprint density at radius 2 is 1.54 bits per heavy atom. The number of carbonyl (C=O) groups excluding carboxylic acids is 1. The summed E-state index contributed by atoms with van der Waals surface area (Å²) in [5, 5.41) is 6.35. The lowest BCUT2D eigenvalue weighted by molar-refractivity contribution is 0.256. The minimum Gasteiger partial charge on any atom is -0.356 e. The predicted molar refractivity (Wildman–Crippen MR) is 97.8 cm³/mol. The van der Waals surface area contributed by atoms with Gasteiger partial charge < -0.3 is 10.6 Å². The van der Waals surface area contributed by atoms with E-state index >= 15 is 0 Å². The van der Waals surface area contributed by atoms with Crippen LogP contribution in [-0.4, -0.2) is 6.03 Å². The first-order chi connectivity index (χ1) is 11.8. The molecule has 0 radical (unpaired) electrons. The number of hydrogen-bond donors (Lipinski definition) is 2. The molecule has 1 heterocycles. The molecule has 24 heavy (non-hydrogen) atoms. The summed E-state index contributed by atoms with van der Waals surface area (Å²) in [5.41, 5.74) is 4.88. The number of anilines is 4. The third kappa shape index (κ3) is 2.82. The molecule has 0 unspecified atom stereocenters. The number of nitrogens with zero attached hydrogens (tertiary/aromatic N) is 1. The molecule has 1 aliphatic rings. The van der Waals surface area contributed by atoms with Gasteiger partial charge in [-0.1, -0.05) is 36.4 Å². The molecule has 0 atom stereocenters. The predicted octanol–water partition coefficient (Wildman–Crippen LogP) is 4.98. The molecule has 0 aliphatic carbocycles. The highest BCUT2D eigenvalue weighted by atomic mass is 16.2. The van der Waals surface area contributed by atoms with Crippen LogP contribution in [0.3, 0.4) is 0 Å². The van der Waals surface area contributed by atoms with E-state index in [1.54, 1.807) is 4.90 Å². The molecule has 0 saturated heterocycles. The first kappa shape index (κ1) is 14.3. The van der Waals surface area contributed by atoms with Crippen LogP contribution in [0.15, 0.2) is 78.9 Å². The molecule has 118 valence electrons. The number of urea groups is 1. The zero-order chi connectivity index (χ0) is 16.4. The van der Waals surface area contributed by atoms with Gasteiger partial charge in [0.25, 0.3) is 0 Å². The molecular formula is C20H17N3O. The van der Waals surface area contributed by atoms with Crippen LogP contribution in [0.2, 0.25) is 0 Å². The van der Waals surface area contributed by atoms with E-state index in [4.69, 9.17) is 0 Å². The normalized spacial score (nSPS) is 13.2. The average molecular weight is 315 g/mol. The van der Waals surface area contributed by atoms with E-state index in [1.807, 2.05) is 72.8 Å². The molecule has 4 rings (SSSR count). The van der Waals surface area contributed by atoms with Crippen molar-refractivity contribution >= 4 is 28.8 Å². The molecule has 0 bridgehead atoms. The standard InChI is InChI=1S/C20H17N3O/c24-20-22-19-12-11-17(21-16-7-3-1-4-8-16)13-15(19)14-23(20)18-9-5-2-6-10-18/h1-13,21H,14H2,(H,22,24). The van der Waals surface area contributed by atoms with Crippen molar-refractivity contribution in [3.63, 3.8) is 0 Å². The van der Waals surface area contributed by atoms with E-state index in [2.05, 4.69) is 16.7 Å². The largest absolute Gasteiger partial charge is 0.356 e. The summed E-state index contributed by atoms with van der Waals surface area (Å²) >= 11 is 0. The molecule has 3 aromatic rings. The molecule has 0 spiro atoms. The quantitative estimate of drug-likeness (QED) is 0.715. The van der Waals surface area contributed by atoms with Crippen LogP contribution in [-0.2, 0) is 6.54 Å². The summed E-state index contributed by atoms with van der Waals surface area (Å²) in [5.74, 6) is 0. The minimum atomic E-state index is -0.0996. The number of para-hydroxylation sites is 2. The first-order valence-corrected chi connectivity index (χ1v) is 7.88. The second kappa shape index (κ2) is 6.08. The van der Waals surface area contributed by atoms with Gasteiger partial charge in [-0.15, -0.1) is 0 Å². The summed E-state index contributed by atoms with van der Waals surface area (Å²) in [6.07, 6.45) is 0. The van der Waals surface area contributed by atoms with E-state index in [0.717, 1.165) is 28.3 Å². The first-order valence-electron chi connectivity index (χ1n) is 7.88. The summed E-state index contributed by atoms with van der Waals surface area (Å²) in [4.78, 5) is 14.1. The highest BCUT2D eigenvalue weighted by molar-refractivity contribution is 6.04. The van der Waals surface area contributed by atoms with Crippen LogP contribution in [0, 0.1) is 0 Å². The van der Waals surface area contributed by atoms with Crippen LogP contribution >= 0.6 is 0 Å². The highest BCUT2D eigenvalue weighted by Crippen LogP contribution is 2.30. The topological polar surface area (TPSA) is 44.4 Å². The minimum absolute atomic E-state index is 0.0996. The number of hydrogen-bond acceptors (Lipinski definition) is 2. The van der Waals surface area contributed by atoms with E-state index in [0.29, 0.717) is 6.54 Å². The molecule has 1 aliphatic heterocycles. The zero-order valence-corrected chi connectivity index (χ0v) is 13.1. The van der Waals surface area contributed by atoms with Gasteiger partial charge >= 0.3 is 6.03 Å². The second-order valence-corrected chi connectivity index (χ2v) is 5.71. The Kier molecular flexibility index (Phi) is 3.63. The third-order valence-corrected chi connectivity index (χ3v) is 4.05. The van der Waals surface area contributed by atoms with Gasteiger partial charge in [0, 0.05) is 22.7 Å². The van der Waals surface area contributed by atoms with E-state index in [9.17, 15) is 4.79 Å². The van der Waals surface area contributed by atoms with Gasteiger partial charge in [0.1, 0.15) is 0 Å². The van der Waals surface area contributed by atoms with E-state index in [1.165, 1.54) is 0 Å². The van der Waals surface area contributed by atoms with Crippen molar-refractivity contribution in [2.75, 3.05) is 15.5 Å². The number of amides is 2. The van der Waals surface area contributed by atoms with Crippen LogP contribution in [0.5, 0.6) is 0 Å². The SMILES string of the molecule is O=C1Nc2ccc(Nc3ccccc3)cc2CN1c1ccccc1. The number of benzene rings is 3. The second-order valence-electron chi connectivity index (χ2n) is 5.71. The molecule has 2 amide bonds. The summed E-state index contributed by atoms with van der Waals surface area (Å²) in [6, 6.07) is 25.6. The Morgan fingerprint density at radius 1 is 0.833 bits per heavy atom. The lowest BCUT2D eigenvalue weighted by Crippen LogP contribution is -2.38. The Morgan fingerprint density at radius 3 is 2.29 bits per heavy atom. The number of nitrogens with one attached hydrogen (secondary N) is 2. The summed E-state index contributed by atoms with van der Waals surface area (Å²) in [7, 11) is 0. The maximum Gasteiger partial charge on any atom is 0.326 e. The van der Waals surface area contributed by atoms with Crippen LogP contribution < -0.4 is 15.5 Å². The molecule has 0 fully saturated rings. The van der Waals surface area contributed by atoms with Crippen LogP contribution in [0.1, 0.15) is 5.56 Å². The lowest BCUT2D eigenvalue weighted by atomic mass is 10.1. The third-order valence-electron chi connectivity index (χ3n) is 4.05. The fraction of sp³-hybridized carbons (Fsp3) is 0.0500. The smallest absolute Gasteiger partial charge is 0.326 e. The fourth-order valence-electron chi connectivity index (χ4n) is 2.85. The molecule has 3 aromatic carbocycles. The van der Waals surface area contributed by atoms with Crippen molar-refractivity contribution in [2.45, 2.75) is 6.54 Å². The Hall–Kier alpha value is -3.27. The van der Waals surface area contributed by atoms with Gasteiger partial charge in [0.15, 0.2) is 0 Å². The summed E-state index contributed by atoms with van der Waals surface area (Å²) in [6.45, 7) is 0.551. The van der Waals surface area contributed by atoms with Crippen molar-refractivity contribution in [1.29, 1.82) is 0 Å². The van der Waals surface area contributed by atoms with Gasteiger partial charge in [-0.25, -0.2) is 4.79 Å². The van der Waals surface area contributed by atoms with Crippen molar-refractivity contribution in [1.82, 2.24) is 0 Å². The molecule has 2 N–H and O–H groups in total. The van der Waals surface area contributed by atoms with Crippen molar-refractivity contribution in [3.05, 3.63) is 84.4 Å². The monoisotopic (exact) mass is 315 g/mol. The molecule has 4 heteroatoms. The van der Waals surface area contributed by atoms with Crippen molar-refractivity contribution in [3.8, 4) is 0 Å². The highest BCUT2D eigenvalue weighted by Gasteiger charge is 2.23. The van der Waals surface area contributed by atoms with E-state index in [-0.39, 0.29) is 6.03 Å². The number of carbonyl (C=O) groups is 1. The Labute approximate surface area is 140 Å². The van der Waals surface area contributed by atoms with Crippen LogP contribution in [0.25, 0.3) is 0 Å². The number of rotatable bonds is 3. The zero-order valence-electron chi connectivity index (χ0n) is 13.1. The van der Waals surface area contributed by atoms with Gasteiger partial charge in [-0.05, 0) is 48.0 Å². The molecule has 0 saturated carbocycles. The van der Waals surface area contributed by atoms with Crippen molar-refractivity contribution in [2.24, 2.45) is 0 Å². The maximum absolute atomic E-state index is 12.3. The maximum atomic E-state index is 12.3. The Balaban J connectivity index is 1.61. The molecular weight excluding hydrogens is 298 g/mol. The molecule has 0 aromatic heterocycles. The van der Waals surface area contributed by atoms with Gasteiger partial charge in [-0.3, -0.25) is 4.90 Å². The van der Waals surface area contributed by atoms with Crippen molar-refractivity contribution < 1.29 is 4.79 Å². The van der Waals surface area contributed by atoms with Gasteiger partial charge in [0.05, 0.1) is 6.54 Å². The van der Waals surface area contributed by atoms with Crippen LogP contribution in [0.4, 0.5) is 27.5 Å². The Bertz CT molecular complexity index is 863. The average Bonchev–Trinajstić information content (AvgIpc) is 2.63. The van der Waals surface area contributed by atoms with Gasteiger partial charge in [-0.2, -0.15) is 0 Å². The molecule has 4 nitrogen and oxygen atoms in total. The number of fused-ring (bicyclic) bond motifs is 1. The fourth-order valence-corrected chi connectivity index (χ4v) is 2.85. The van der Waals surface area contributed by atoms with E-state index < -0.39 is 0 Å². The van der Waals surface area contributed by atoms with Gasteiger partial charge in [0.2, 0.25) is 0 Å². The lowest BCUT2D eigenvalue weighted by Gasteiger charge is -2.29.